The Morgan fingerprint density at radius 1 is 1.11 bits per heavy atom. The van der Waals surface area contributed by atoms with Gasteiger partial charge in [-0.1, -0.05) is 12.1 Å². The van der Waals surface area contributed by atoms with Gasteiger partial charge in [-0.2, -0.15) is 4.98 Å². The van der Waals surface area contributed by atoms with Crippen LogP contribution in [0.25, 0.3) is 10.9 Å². The van der Waals surface area contributed by atoms with Gasteiger partial charge in [0.1, 0.15) is 5.82 Å². The van der Waals surface area contributed by atoms with E-state index in [9.17, 15) is 4.79 Å². The van der Waals surface area contributed by atoms with Gasteiger partial charge in [0.2, 0.25) is 11.9 Å². The van der Waals surface area contributed by atoms with Crippen LogP contribution in [0.3, 0.4) is 0 Å². The van der Waals surface area contributed by atoms with Crippen LogP contribution in [0.4, 0.5) is 11.8 Å². The molecule has 2 heterocycles. The van der Waals surface area contributed by atoms with Crippen LogP contribution in [0.15, 0.2) is 24.3 Å². The number of rotatable bonds is 5. The minimum atomic E-state index is -0.152. The number of hydrogen-bond acceptors (Lipinski definition) is 6. The molecular formula is C21H30N6O. The van der Waals surface area contributed by atoms with Gasteiger partial charge in [-0.3, -0.25) is 4.79 Å². The molecule has 0 spiro atoms. The van der Waals surface area contributed by atoms with E-state index in [-0.39, 0.29) is 11.8 Å². The summed E-state index contributed by atoms with van der Waals surface area (Å²) in [4.78, 5) is 25.7. The molecule has 2 fully saturated rings. The molecule has 1 amide bonds. The number of benzene rings is 1. The average Bonchev–Trinajstić information content (AvgIpc) is 2.72. The van der Waals surface area contributed by atoms with E-state index >= 15 is 0 Å². The summed E-state index contributed by atoms with van der Waals surface area (Å²) < 4.78 is 0. The van der Waals surface area contributed by atoms with Crippen LogP contribution in [0.2, 0.25) is 0 Å². The standard InChI is InChI=1S/C21H30N6O/c1-26-10-12-27(13-11-26)20-17-4-2-3-5-18(17)24-21(25-20)23-14-15-6-8-16(9-7-15)19(22)28/h2-5,15-16H,6-14H2,1H3,(H2,22,28)(H,23,24,25). The van der Waals surface area contributed by atoms with Crippen LogP contribution in [0.1, 0.15) is 25.7 Å². The first kappa shape index (κ1) is 18.9. The molecule has 0 unspecified atom stereocenters. The van der Waals surface area contributed by atoms with Crippen molar-refractivity contribution in [2.75, 3.05) is 50.0 Å². The predicted molar refractivity (Wildman–Crippen MR) is 112 cm³/mol. The van der Waals surface area contributed by atoms with Gasteiger partial charge in [-0.05, 0) is 50.8 Å². The third kappa shape index (κ3) is 4.19. The maximum absolute atomic E-state index is 11.4. The third-order valence-electron chi connectivity index (χ3n) is 6.18. The number of carbonyl (C=O) groups is 1. The Hall–Kier alpha value is -2.41. The molecule has 28 heavy (non-hydrogen) atoms. The number of nitrogens with one attached hydrogen (secondary N) is 1. The van der Waals surface area contributed by atoms with Crippen LogP contribution in [0, 0.1) is 11.8 Å². The van der Waals surface area contributed by atoms with Gasteiger partial charge in [-0.15, -0.1) is 0 Å². The number of fused-ring (bicyclic) bond motifs is 1. The van der Waals surface area contributed by atoms with Gasteiger partial charge >= 0.3 is 0 Å². The molecule has 0 atom stereocenters. The van der Waals surface area contributed by atoms with E-state index in [0.717, 1.165) is 75.1 Å². The van der Waals surface area contributed by atoms with Crippen molar-refractivity contribution in [3.05, 3.63) is 24.3 Å². The lowest BCUT2D eigenvalue weighted by Crippen LogP contribution is -2.45. The predicted octanol–water partition coefficient (Wildman–Crippen LogP) is 2.09. The number of primary amides is 1. The van der Waals surface area contributed by atoms with Crippen molar-refractivity contribution in [3.63, 3.8) is 0 Å². The second-order valence-corrected chi connectivity index (χ2v) is 8.18. The van der Waals surface area contributed by atoms with Gasteiger partial charge < -0.3 is 20.9 Å². The van der Waals surface area contributed by atoms with Crippen LogP contribution >= 0.6 is 0 Å². The van der Waals surface area contributed by atoms with E-state index in [2.05, 4.69) is 40.4 Å². The summed E-state index contributed by atoms with van der Waals surface area (Å²) in [7, 11) is 2.16. The number of carbonyl (C=O) groups excluding carboxylic acids is 1. The van der Waals surface area contributed by atoms with Crippen molar-refractivity contribution in [2.45, 2.75) is 25.7 Å². The van der Waals surface area contributed by atoms with Gasteiger partial charge in [0.15, 0.2) is 0 Å². The molecule has 1 aromatic heterocycles. The normalized spacial score (nSPS) is 23.7. The van der Waals surface area contributed by atoms with E-state index in [1.165, 1.54) is 0 Å². The Kier molecular flexibility index (Phi) is 5.62. The number of aromatic nitrogens is 2. The largest absolute Gasteiger partial charge is 0.369 e. The number of nitrogens with two attached hydrogens (primary N) is 1. The quantitative estimate of drug-likeness (QED) is 0.823. The first-order chi connectivity index (χ1) is 13.6. The summed E-state index contributed by atoms with van der Waals surface area (Å²) in [6.07, 6.45) is 3.85. The lowest BCUT2D eigenvalue weighted by atomic mass is 9.82. The zero-order chi connectivity index (χ0) is 19.5. The molecule has 4 rings (SSSR count). The number of para-hydroxylation sites is 1. The Labute approximate surface area is 166 Å². The van der Waals surface area contributed by atoms with Gasteiger partial charge in [0.05, 0.1) is 5.52 Å². The molecule has 0 bridgehead atoms. The summed E-state index contributed by atoms with van der Waals surface area (Å²) in [6, 6.07) is 8.24. The van der Waals surface area contributed by atoms with Crippen LogP contribution in [0.5, 0.6) is 0 Å². The highest BCUT2D eigenvalue weighted by Crippen LogP contribution is 2.30. The molecule has 1 saturated carbocycles. The summed E-state index contributed by atoms with van der Waals surface area (Å²) in [6.45, 7) is 4.89. The zero-order valence-corrected chi connectivity index (χ0v) is 16.6. The summed E-state index contributed by atoms with van der Waals surface area (Å²) in [5.74, 6) is 2.17. The zero-order valence-electron chi connectivity index (χ0n) is 16.6. The number of nitrogens with zero attached hydrogens (tertiary/aromatic N) is 4. The molecule has 1 saturated heterocycles. The second-order valence-electron chi connectivity index (χ2n) is 8.18. The lowest BCUT2D eigenvalue weighted by Gasteiger charge is -2.34. The van der Waals surface area contributed by atoms with E-state index in [0.29, 0.717) is 11.9 Å². The minimum Gasteiger partial charge on any atom is -0.369 e. The molecule has 2 aliphatic rings. The molecule has 1 aliphatic heterocycles. The molecule has 2 aromatic rings. The first-order valence-electron chi connectivity index (χ1n) is 10.3. The Morgan fingerprint density at radius 3 is 2.54 bits per heavy atom. The van der Waals surface area contributed by atoms with Crippen molar-refractivity contribution >= 4 is 28.6 Å². The number of amides is 1. The third-order valence-corrected chi connectivity index (χ3v) is 6.18. The molecule has 1 aliphatic carbocycles. The number of hydrogen-bond donors (Lipinski definition) is 2. The van der Waals surface area contributed by atoms with Crippen molar-refractivity contribution in [1.82, 2.24) is 14.9 Å². The maximum atomic E-state index is 11.4. The summed E-state index contributed by atoms with van der Waals surface area (Å²) in [5.41, 5.74) is 6.42. The maximum Gasteiger partial charge on any atom is 0.225 e. The molecule has 3 N–H and O–H groups in total. The Balaban J connectivity index is 1.48. The molecule has 150 valence electrons. The fraction of sp³-hybridized carbons (Fsp3) is 0.571. The van der Waals surface area contributed by atoms with Gasteiger partial charge in [0, 0.05) is 44.0 Å². The van der Waals surface area contributed by atoms with Crippen molar-refractivity contribution in [3.8, 4) is 0 Å². The Morgan fingerprint density at radius 2 is 1.82 bits per heavy atom. The number of piperazine rings is 1. The van der Waals surface area contributed by atoms with E-state index in [4.69, 9.17) is 15.7 Å². The second kappa shape index (κ2) is 8.31. The molecule has 7 nitrogen and oxygen atoms in total. The monoisotopic (exact) mass is 382 g/mol. The van der Waals surface area contributed by atoms with E-state index in [1.807, 2.05) is 6.07 Å². The SMILES string of the molecule is CN1CCN(c2nc(NCC3CCC(C(N)=O)CC3)nc3ccccc23)CC1. The molecule has 0 radical (unpaired) electrons. The fourth-order valence-corrected chi connectivity index (χ4v) is 4.28. The highest BCUT2D eigenvalue weighted by molar-refractivity contribution is 5.90. The van der Waals surface area contributed by atoms with Crippen LogP contribution < -0.4 is 16.0 Å². The smallest absolute Gasteiger partial charge is 0.225 e. The highest BCUT2D eigenvalue weighted by Gasteiger charge is 2.25. The Bertz CT molecular complexity index is 825. The summed E-state index contributed by atoms with van der Waals surface area (Å²) in [5, 5.41) is 4.57. The lowest BCUT2D eigenvalue weighted by molar-refractivity contribution is -0.122. The van der Waals surface area contributed by atoms with E-state index in [1.54, 1.807) is 0 Å². The number of likely N-dealkylation sites (N-methyl/N-ethyl adjacent to an activating group) is 1. The van der Waals surface area contributed by atoms with Gasteiger partial charge in [-0.25, -0.2) is 4.98 Å². The van der Waals surface area contributed by atoms with Crippen LogP contribution in [-0.4, -0.2) is 60.5 Å². The first-order valence-corrected chi connectivity index (χ1v) is 10.3. The van der Waals surface area contributed by atoms with Gasteiger partial charge in [0.25, 0.3) is 0 Å². The van der Waals surface area contributed by atoms with E-state index < -0.39 is 0 Å². The number of anilines is 2. The molecule has 7 heteroatoms. The van der Waals surface area contributed by atoms with Crippen molar-refractivity contribution in [1.29, 1.82) is 0 Å². The molecular weight excluding hydrogens is 352 g/mol. The van der Waals surface area contributed by atoms with Crippen molar-refractivity contribution < 1.29 is 4.79 Å². The molecule has 1 aromatic carbocycles. The van der Waals surface area contributed by atoms with Crippen molar-refractivity contribution in [2.24, 2.45) is 17.6 Å². The summed E-state index contributed by atoms with van der Waals surface area (Å²) >= 11 is 0. The topological polar surface area (TPSA) is 87.4 Å². The minimum absolute atomic E-state index is 0.0528. The highest BCUT2D eigenvalue weighted by atomic mass is 16.1. The van der Waals surface area contributed by atoms with Crippen LogP contribution in [-0.2, 0) is 4.79 Å². The average molecular weight is 383 g/mol. The fourth-order valence-electron chi connectivity index (χ4n) is 4.28.